The maximum absolute atomic E-state index is 12.7. The molecule has 166 valence electrons. The molecule has 1 aliphatic heterocycles. The Morgan fingerprint density at radius 3 is 2.84 bits per heavy atom. The predicted molar refractivity (Wildman–Crippen MR) is 118 cm³/mol. The fraction of sp³-hybridized carbons (Fsp3) is 0.450. The first-order valence-corrected chi connectivity index (χ1v) is 10.3. The number of piperidine rings is 1. The lowest BCUT2D eigenvalue weighted by Gasteiger charge is -2.35. The minimum atomic E-state index is -0.563. The third-order valence-corrected chi connectivity index (χ3v) is 4.71. The van der Waals surface area contributed by atoms with Gasteiger partial charge in [0.1, 0.15) is 5.60 Å². The van der Waals surface area contributed by atoms with Gasteiger partial charge in [-0.3, -0.25) is 9.78 Å². The van der Waals surface area contributed by atoms with Crippen molar-refractivity contribution in [3.63, 3.8) is 0 Å². The Morgan fingerprint density at radius 1 is 1.32 bits per heavy atom. The van der Waals surface area contributed by atoms with Gasteiger partial charge in [0.25, 0.3) is 5.91 Å². The Labute approximate surface area is 185 Å². The Bertz CT molecular complexity index is 964. The summed E-state index contributed by atoms with van der Waals surface area (Å²) in [5.41, 5.74) is 6.62. The molecule has 0 aromatic carbocycles. The molecule has 31 heavy (non-hydrogen) atoms. The molecule has 1 aliphatic rings. The molecular weight excluding hydrogens is 422 g/mol. The molecule has 1 fully saturated rings. The summed E-state index contributed by atoms with van der Waals surface area (Å²) in [4.78, 5) is 38.7. The first-order chi connectivity index (χ1) is 14.6. The molecule has 0 spiro atoms. The van der Waals surface area contributed by atoms with Gasteiger partial charge in [-0.15, -0.1) is 0 Å². The number of nitrogens with two attached hydrogens (primary N) is 1. The van der Waals surface area contributed by atoms with Crippen LogP contribution in [0.2, 0.25) is 5.28 Å². The largest absolute Gasteiger partial charge is 0.444 e. The van der Waals surface area contributed by atoms with Crippen LogP contribution in [-0.2, 0) is 4.74 Å². The van der Waals surface area contributed by atoms with Crippen LogP contribution in [0.5, 0.6) is 0 Å². The van der Waals surface area contributed by atoms with Crippen molar-refractivity contribution in [1.29, 1.82) is 0 Å². The molecule has 2 amide bonds. The predicted octanol–water partition coefficient (Wildman–Crippen LogP) is 2.85. The summed E-state index contributed by atoms with van der Waals surface area (Å²) in [7, 11) is 0. The van der Waals surface area contributed by atoms with E-state index in [4.69, 9.17) is 22.1 Å². The summed E-state index contributed by atoms with van der Waals surface area (Å²) in [5.74, 6) is -0.517. The smallest absolute Gasteiger partial charge is 0.407 e. The maximum Gasteiger partial charge on any atom is 0.407 e. The zero-order chi connectivity index (χ0) is 22.6. The van der Waals surface area contributed by atoms with Gasteiger partial charge in [-0.05, 0) is 51.3 Å². The van der Waals surface area contributed by atoms with Crippen LogP contribution in [0.15, 0.2) is 24.7 Å². The van der Waals surface area contributed by atoms with Gasteiger partial charge in [0.2, 0.25) is 5.28 Å². The van der Waals surface area contributed by atoms with E-state index in [1.165, 1.54) is 6.20 Å². The number of nitrogen functional groups attached to an aromatic ring is 1. The van der Waals surface area contributed by atoms with Crippen LogP contribution < -0.4 is 21.3 Å². The van der Waals surface area contributed by atoms with E-state index in [1.807, 2.05) is 26.8 Å². The molecule has 0 saturated carbocycles. The number of nitrogens with one attached hydrogen (secondary N) is 2. The number of ether oxygens (including phenoxy) is 1. The zero-order valence-electron chi connectivity index (χ0n) is 17.7. The van der Waals surface area contributed by atoms with Crippen LogP contribution in [0.25, 0.3) is 0 Å². The second-order valence-corrected chi connectivity index (χ2v) is 8.56. The summed E-state index contributed by atoms with van der Waals surface area (Å²) in [6.07, 6.45) is 5.73. The number of alkyl carbamates (subject to hydrolysis) is 1. The molecule has 10 nitrogen and oxygen atoms in total. The number of carbonyl (C=O) groups excluding carboxylic acids is 2. The van der Waals surface area contributed by atoms with Crippen molar-refractivity contribution in [2.45, 2.75) is 45.3 Å². The third kappa shape index (κ3) is 6.17. The van der Waals surface area contributed by atoms with E-state index in [0.29, 0.717) is 12.2 Å². The average molecular weight is 448 g/mol. The lowest BCUT2D eigenvalue weighted by atomic mass is 10.0. The molecule has 3 rings (SSSR count). The molecular formula is C20H26ClN7O3. The number of aromatic nitrogens is 3. The molecule has 1 unspecified atom stereocenters. The molecule has 1 saturated heterocycles. The van der Waals surface area contributed by atoms with Gasteiger partial charge in [-0.2, -0.15) is 0 Å². The van der Waals surface area contributed by atoms with E-state index in [2.05, 4.69) is 30.5 Å². The Kier molecular flexibility index (Phi) is 6.79. The second-order valence-electron chi connectivity index (χ2n) is 8.22. The number of pyridine rings is 1. The number of hydrogen-bond donors (Lipinski definition) is 3. The van der Waals surface area contributed by atoms with E-state index >= 15 is 0 Å². The van der Waals surface area contributed by atoms with Gasteiger partial charge in [0.05, 0.1) is 29.5 Å². The summed E-state index contributed by atoms with van der Waals surface area (Å²) >= 11 is 5.79. The Hall–Kier alpha value is -3.14. The Balaban J connectivity index is 1.73. The number of hydrogen-bond acceptors (Lipinski definition) is 8. The molecule has 4 N–H and O–H groups in total. The number of carbonyl (C=O) groups is 2. The van der Waals surface area contributed by atoms with Crippen LogP contribution >= 0.6 is 11.6 Å². The highest BCUT2D eigenvalue weighted by molar-refractivity contribution is 6.28. The number of halogens is 1. The topological polar surface area (TPSA) is 135 Å². The molecule has 0 radical (unpaired) electrons. The minimum Gasteiger partial charge on any atom is -0.444 e. The second kappa shape index (κ2) is 9.34. The van der Waals surface area contributed by atoms with Crippen molar-refractivity contribution in [1.82, 2.24) is 20.3 Å². The SMILES string of the molecule is CC(C)(C)OC(=O)NC1CCCN(c2ccncc2NC(=O)c2nc(Cl)ncc2N)C1. The van der Waals surface area contributed by atoms with Crippen LogP contribution in [0.4, 0.5) is 21.9 Å². The standard InChI is InChI=1S/C20H26ClN7O3/c1-20(2,3)31-19(30)25-12-5-4-8-28(11-12)15-6-7-23-10-14(15)26-17(29)16-13(22)9-24-18(21)27-16/h6-7,9-10,12H,4-5,8,11,22H2,1-3H3,(H,25,30)(H,26,29). The maximum atomic E-state index is 12.7. The van der Waals surface area contributed by atoms with Crippen molar-refractivity contribution in [3.8, 4) is 0 Å². The van der Waals surface area contributed by atoms with E-state index in [0.717, 1.165) is 25.1 Å². The quantitative estimate of drug-likeness (QED) is 0.608. The van der Waals surface area contributed by atoms with Crippen LogP contribution in [0.1, 0.15) is 44.1 Å². The minimum absolute atomic E-state index is 0.0158. The lowest BCUT2D eigenvalue weighted by molar-refractivity contribution is 0.0500. The van der Waals surface area contributed by atoms with Crippen LogP contribution in [0.3, 0.4) is 0 Å². The summed E-state index contributed by atoms with van der Waals surface area (Å²) in [5, 5.41) is 5.64. The number of amides is 2. The third-order valence-electron chi connectivity index (χ3n) is 4.53. The molecule has 1 atom stereocenters. The van der Waals surface area contributed by atoms with Gasteiger partial charge >= 0.3 is 6.09 Å². The van der Waals surface area contributed by atoms with Crippen molar-refractivity contribution in [2.24, 2.45) is 0 Å². The molecule has 0 aliphatic carbocycles. The molecule has 2 aromatic rings. The normalized spacial score (nSPS) is 16.5. The van der Waals surface area contributed by atoms with Crippen molar-refractivity contribution in [3.05, 3.63) is 35.6 Å². The van der Waals surface area contributed by atoms with Gasteiger partial charge in [0, 0.05) is 25.3 Å². The van der Waals surface area contributed by atoms with Crippen molar-refractivity contribution < 1.29 is 14.3 Å². The van der Waals surface area contributed by atoms with Gasteiger partial charge in [0.15, 0.2) is 5.69 Å². The first-order valence-electron chi connectivity index (χ1n) is 9.90. The Morgan fingerprint density at radius 2 is 2.10 bits per heavy atom. The molecule has 0 bridgehead atoms. The van der Waals surface area contributed by atoms with E-state index in [9.17, 15) is 9.59 Å². The highest BCUT2D eigenvalue weighted by Crippen LogP contribution is 2.28. The number of nitrogens with zero attached hydrogens (tertiary/aromatic N) is 4. The lowest BCUT2D eigenvalue weighted by Crippen LogP contribution is -2.49. The summed E-state index contributed by atoms with van der Waals surface area (Å²) < 4.78 is 5.36. The van der Waals surface area contributed by atoms with E-state index < -0.39 is 17.6 Å². The van der Waals surface area contributed by atoms with Crippen LogP contribution in [-0.4, -0.2) is 51.7 Å². The van der Waals surface area contributed by atoms with E-state index in [1.54, 1.807) is 12.4 Å². The zero-order valence-corrected chi connectivity index (χ0v) is 18.4. The number of anilines is 3. The fourth-order valence-electron chi connectivity index (χ4n) is 3.28. The van der Waals surface area contributed by atoms with Gasteiger partial charge in [-0.1, -0.05) is 0 Å². The highest BCUT2D eigenvalue weighted by Gasteiger charge is 2.26. The van der Waals surface area contributed by atoms with Crippen molar-refractivity contribution >= 4 is 40.7 Å². The fourth-order valence-corrected chi connectivity index (χ4v) is 3.41. The van der Waals surface area contributed by atoms with Gasteiger partial charge in [-0.25, -0.2) is 14.8 Å². The van der Waals surface area contributed by atoms with Gasteiger partial charge < -0.3 is 26.0 Å². The van der Waals surface area contributed by atoms with Crippen molar-refractivity contribution in [2.75, 3.05) is 29.0 Å². The molecule has 2 aromatic heterocycles. The van der Waals surface area contributed by atoms with E-state index in [-0.39, 0.29) is 22.7 Å². The summed E-state index contributed by atoms with van der Waals surface area (Å²) in [6, 6.07) is 1.72. The first kappa shape index (κ1) is 22.5. The highest BCUT2D eigenvalue weighted by atomic mass is 35.5. The average Bonchev–Trinajstić information content (AvgIpc) is 2.69. The van der Waals surface area contributed by atoms with Crippen LogP contribution in [0, 0.1) is 0 Å². The molecule has 3 heterocycles. The monoisotopic (exact) mass is 447 g/mol. The molecule has 11 heteroatoms. The summed E-state index contributed by atoms with van der Waals surface area (Å²) in [6.45, 7) is 6.80. The number of rotatable bonds is 4.